The van der Waals surface area contributed by atoms with Crippen LogP contribution in [0.15, 0.2) is 42.6 Å². The maximum atomic E-state index is 13.3. The van der Waals surface area contributed by atoms with Gasteiger partial charge in [0, 0.05) is 24.4 Å². The Morgan fingerprint density at radius 3 is 2.42 bits per heavy atom. The number of nitrogens with two attached hydrogens (primary N) is 1. The van der Waals surface area contributed by atoms with Gasteiger partial charge in [-0.3, -0.25) is 9.59 Å². The van der Waals surface area contributed by atoms with Crippen molar-refractivity contribution in [2.75, 3.05) is 18.1 Å². The molecule has 0 fully saturated rings. The normalized spacial score (nSPS) is 11.6. The molecular weight excluding hydrogens is 408 g/mol. The molecule has 0 aliphatic heterocycles. The van der Waals surface area contributed by atoms with Crippen LogP contribution in [0.3, 0.4) is 0 Å². The Hall–Kier alpha value is -3.92. The van der Waals surface area contributed by atoms with Gasteiger partial charge in [0.2, 0.25) is 0 Å². The lowest BCUT2D eigenvalue weighted by Gasteiger charge is -2.14. The van der Waals surface area contributed by atoms with E-state index < -0.39 is 29.6 Å². The molecular formula is C21H19F2N5O3. The molecule has 3 rings (SSSR count). The predicted octanol–water partition coefficient (Wildman–Crippen LogP) is 2.34. The average molecular weight is 427 g/mol. The molecule has 0 saturated carbocycles. The highest BCUT2D eigenvalue weighted by molar-refractivity contribution is 5.97. The van der Waals surface area contributed by atoms with Crippen LogP contribution in [0.2, 0.25) is 0 Å². The van der Waals surface area contributed by atoms with Crippen molar-refractivity contribution in [1.29, 1.82) is 0 Å². The zero-order valence-electron chi connectivity index (χ0n) is 16.6. The number of amides is 2. The number of halogens is 2. The molecule has 1 atom stereocenters. The Kier molecular flexibility index (Phi) is 6.21. The van der Waals surface area contributed by atoms with E-state index in [2.05, 4.69) is 20.6 Å². The van der Waals surface area contributed by atoms with E-state index in [4.69, 9.17) is 5.73 Å². The fraction of sp³-hybridized carbons (Fsp3) is 0.143. The molecule has 5 N–H and O–H groups in total. The molecule has 0 aliphatic rings. The number of anilines is 2. The number of nitrogens with one attached hydrogen (secondary N) is 2. The summed E-state index contributed by atoms with van der Waals surface area (Å²) in [6.45, 7) is 1.75. The molecule has 1 unspecified atom stereocenters. The van der Waals surface area contributed by atoms with Gasteiger partial charge >= 0.3 is 0 Å². The van der Waals surface area contributed by atoms with E-state index >= 15 is 0 Å². The third kappa shape index (κ3) is 4.81. The van der Waals surface area contributed by atoms with Gasteiger partial charge in [0.25, 0.3) is 11.8 Å². The smallest absolute Gasteiger partial charge is 0.273 e. The summed E-state index contributed by atoms with van der Waals surface area (Å²) in [5.74, 6) is -3.14. The molecule has 31 heavy (non-hydrogen) atoms. The second-order valence-corrected chi connectivity index (χ2v) is 6.69. The summed E-state index contributed by atoms with van der Waals surface area (Å²) >= 11 is 0. The van der Waals surface area contributed by atoms with E-state index in [1.54, 1.807) is 25.1 Å². The number of hydrogen-bond acceptors (Lipinski definition) is 6. The number of hydrogen-bond donors (Lipinski definition) is 4. The van der Waals surface area contributed by atoms with E-state index in [0.29, 0.717) is 28.6 Å². The van der Waals surface area contributed by atoms with Crippen molar-refractivity contribution in [2.45, 2.75) is 13.0 Å². The summed E-state index contributed by atoms with van der Waals surface area (Å²) in [5, 5.41) is 15.0. The number of aromatic nitrogens is 2. The van der Waals surface area contributed by atoms with Crippen molar-refractivity contribution in [2.24, 2.45) is 0 Å². The zero-order valence-corrected chi connectivity index (χ0v) is 16.6. The van der Waals surface area contributed by atoms with Crippen molar-refractivity contribution in [3.63, 3.8) is 0 Å². The molecule has 2 amide bonds. The van der Waals surface area contributed by atoms with Crippen LogP contribution in [-0.4, -0.2) is 33.9 Å². The largest absolute Gasteiger partial charge is 0.382 e. The van der Waals surface area contributed by atoms with Gasteiger partial charge in [-0.05, 0) is 42.3 Å². The lowest BCUT2D eigenvalue weighted by Crippen LogP contribution is -2.22. The van der Waals surface area contributed by atoms with Gasteiger partial charge in [0.05, 0.1) is 11.9 Å². The minimum atomic E-state index is -1.76. The maximum absolute atomic E-state index is 13.3. The van der Waals surface area contributed by atoms with Crippen LogP contribution in [0.5, 0.6) is 0 Å². The highest BCUT2D eigenvalue weighted by atomic mass is 19.1. The first-order valence-electron chi connectivity index (χ1n) is 9.10. The summed E-state index contributed by atoms with van der Waals surface area (Å²) < 4.78 is 26.7. The number of rotatable bonds is 5. The van der Waals surface area contributed by atoms with Crippen LogP contribution in [0.1, 0.15) is 27.7 Å². The Morgan fingerprint density at radius 1 is 1.13 bits per heavy atom. The second-order valence-electron chi connectivity index (χ2n) is 6.69. The Bertz CT molecular complexity index is 1150. The summed E-state index contributed by atoms with van der Waals surface area (Å²) in [7, 11) is 1.45. The van der Waals surface area contributed by atoms with Crippen molar-refractivity contribution in [3.05, 3.63) is 71.1 Å². The van der Waals surface area contributed by atoms with Crippen LogP contribution < -0.4 is 16.4 Å². The van der Waals surface area contributed by atoms with E-state index in [1.807, 2.05) is 0 Å². The third-order valence-corrected chi connectivity index (χ3v) is 4.46. The molecule has 0 aliphatic carbocycles. The Morgan fingerprint density at radius 2 is 1.81 bits per heavy atom. The first-order valence-corrected chi connectivity index (χ1v) is 9.10. The van der Waals surface area contributed by atoms with Crippen LogP contribution in [-0.2, 0) is 4.79 Å². The van der Waals surface area contributed by atoms with E-state index in [9.17, 15) is 23.5 Å². The van der Waals surface area contributed by atoms with Gasteiger partial charge in [0.1, 0.15) is 11.6 Å². The van der Waals surface area contributed by atoms with Crippen molar-refractivity contribution in [3.8, 4) is 11.3 Å². The fourth-order valence-electron chi connectivity index (χ4n) is 2.94. The molecule has 8 nitrogen and oxygen atoms in total. The topological polar surface area (TPSA) is 130 Å². The van der Waals surface area contributed by atoms with E-state index in [0.717, 1.165) is 12.1 Å². The van der Waals surface area contributed by atoms with Crippen LogP contribution >= 0.6 is 0 Å². The minimum Gasteiger partial charge on any atom is -0.382 e. The molecule has 1 heterocycles. The van der Waals surface area contributed by atoms with Crippen molar-refractivity contribution >= 4 is 23.3 Å². The number of benzene rings is 2. The average Bonchev–Trinajstić information content (AvgIpc) is 2.72. The molecule has 160 valence electrons. The quantitative estimate of drug-likeness (QED) is 0.495. The number of aryl methyl sites for hydroxylation is 1. The highest BCUT2D eigenvalue weighted by Crippen LogP contribution is 2.26. The molecule has 3 aromatic rings. The number of carbonyl (C=O) groups excluding carboxylic acids is 2. The number of carbonyl (C=O) groups is 2. The summed E-state index contributed by atoms with van der Waals surface area (Å²) in [6.07, 6.45) is -0.340. The van der Waals surface area contributed by atoms with Gasteiger partial charge < -0.3 is 21.5 Å². The lowest BCUT2D eigenvalue weighted by atomic mass is 10.0. The molecule has 0 radical (unpaired) electrons. The molecule has 1 aromatic heterocycles. The summed E-state index contributed by atoms with van der Waals surface area (Å²) in [6, 6.07) is 7.22. The number of nitrogens with zero attached hydrogens (tertiary/aromatic N) is 2. The Balaban J connectivity index is 1.82. The number of nitrogen functional groups attached to an aromatic ring is 1. The summed E-state index contributed by atoms with van der Waals surface area (Å²) in [4.78, 5) is 32.4. The SMILES string of the molecule is CNC(=O)c1nc(-c2ccc(NC(=O)C(O)c3cc(F)cc(F)c3)cc2C)cnc1N. The van der Waals surface area contributed by atoms with Crippen LogP contribution in [0.4, 0.5) is 20.3 Å². The van der Waals surface area contributed by atoms with E-state index in [-0.39, 0.29) is 17.1 Å². The third-order valence-electron chi connectivity index (χ3n) is 4.46. The first-order chi connectivity index (χ1) is 14.7. The monoisotopic (exact) mass is 427 g/mol. The zero-order chi connectivity index (χ0) is 22.7. The number of aliphatic hydroxyl groups is 1. The molecule has 0 spiro atoms. The molecule has 0 saturated heterocycles. The highest BCUT2D eigenvalue weighted by Gasteiger charge is 2.20. The van der Waals surface area contributed by atoms with E-state index in [1.165, 1.54) is 13.2 Å². The van der Waals surface area contributed by atoms with Crippen LogP contribution in [0, 0.1) is 18.6 Å². The van der Waals surface area contributed by atoms with Gasteiger partial charge in [-0.25, -0.2) is 18.7 Å². The summed E-state index contributed by atoms with van der Waals surface area (Å²) in [5.41, 5.74) is 7.56. The van der Waals surface area contributed by atoms with Gasteiger partial charge in [0.15, 0.2) is 17.6 Å². The fourth-order valence-corrected chi connectivity index (χ4v) is 2.94. The molecule has 10 heteroatoms. The van der Waals surface area contributed by atoms with Crippen LogP contribution in [0.25, 0.3) is 11.3 Å². The standard InChI is InChI=1S/C21H19F2N5O3/c1-10-5-14(27-21(31)18(29)11-6-12(22)8-13(23)7-11)3-4-15(10)16-9-26-19(24)17(28-16)20(30)25-2/h3-9,18,29H,1-2H3,(H2,24,26)(H,25,30)(H,27,31). The van der Waals surface area contributed by atoms with Crippen molar-refractivity contribution < 1.29 is 23.5 Å². The van der Waals surface area contributed by atoms with Gasteiger partial charge in [-0.2, -0.15) is 0 Å². The van der Waals surface area contributed by atoms with Crippen molar-refractivity contribution in [1.82, 2.24) is 15.3 Å². The second kappa shape index (κ2) is 8.84. The predicted molar refractivity (Wildman–Crippen MR) is 110 cm³/mol. The molecule has 0 bridgehead atoms. The first kappa shape index (κ1) is 21.8. The van der Waals surface area contributed by atoms with Gasteiger partial charge in [-0.15, -0.1) is 0 Å². The Labute approximate surface area is 176 Å². The number of aliphatic hydroxyl groups excluding tert-OH is 1. The lowest BCUT2D eigenvalue weighted by molar-refractivity contribution is -0.124. The van der Waals surface area contributed by atoms with Gasteiger partial charge in [-0.1, -0.05) is 6.07 Å². The molecule has 2 aromatic carbocycles. The minimum absolute atomic E-state index is 0.00703. The maximum Gasteiger partial charge on any atom is 0.273 e.